The molecular weight excluding hydrogens is 217 g/mol. The molecular formula is C12H11F3O. The summed E-state index contributed by atoms with van der Waals surface area (Å²) in [5, 5.41) is 0. The van der Waals surface area contributed by atoms with Crippen molar-refractivity contribution in [2.24, 2.45) is 5.92 Å². The molecule has 0 aliphatic heterocycles. The first-order chi connectivity index (χ1) is 7.41. The van der Waals surface area contributed by atoms with Crippen molar-refractivity contribution in [1.82, 2.24) is 0 Å². The third-order valence-corrected chi connectivity index (χ3v) is 2.98. The van der Waals surface area contributed by atoms with E-state index in [1.165, 1.54) is 19.1 Å². The summed E-state index contributed by atoms with van der Waals surface area (Å²) in [5.41, 5.74) is -0.348. The van der Waals surface area contributed by atoms with Crippen LogP contribution < -0.4 is 0 Å². The monoisotopic (exact) mass is 228 g/mol. The molecule has 1 aliphatic rings. The summed E-state index contributed by atoms with van der Waals surface area (Å²) in [6, 6.07) is 5.50. The van der Waals surface area contributed by atoms with Gasteiger partial charge in [-0.25, -0.2) is 0 Å². The molecule has 0 amide bonds. The Kier molecular flexibility index (Phi) is 2.52. The van der Waals surface area contributed by atoms with Crippen LogP contribution in [0.15, 0.2) is 24.3 Å². The first-order valence-electron chi connectivity index (χ1n) is 5.08. The Morgan fingerprint density at radius 1 is 1.31 bits per heavy atom. The molecule has 0 spiro atoms. The number of ketones is 1. The number of alkyl halides is 3. The van der Waals surface area contributed by atoms with Crippen LogP contribution >= 0.6 is 0 Å². The first-order valence-corrected chi connectivity index (χ1v) is 5.08. The van der Waals surface area contributed by atoms with Gasteiger partial charge in [-0.05, 0) is 30.9 Å². The van der Waals surface area contributed by atoms with Crippen molar-refractivity contribution in [3.63, 3.8) is 0 Å². The van der Waals surface area contributed by atoms with E-state index in [0.29, 0.717) is 6.42 Å². The van der Waals surface area contributed by atoms with Gasteiger partial charge in [-0.3, -0.25) is 4.79 Å². The quantitative estimate of drug-likeness (QED) is 0.758. The maximum absolute atomic E-state index is 12.7. The van der Waals surface area contributed by atoms with Gasteiger partial charge in [-0.2, -0.15) is 13.2 Å². The first kappa shape index (κ1) is 11.2. The van der Waals surface area contributed by atoms with E-state index in [-0.39, 0.29) is 23.2 Å². The van der Waals surface area contributed by atoms with Crippen LogP contribution in [-0.4, -0.2) is 5.78 Å². The second kappa shape index (κ2) is 3.61. The Bertz CT molecular complexity index is 423. The highest BCUT2D eigenvalue weighted by atomic mass is 19.4. The lowest BCUT2D eigenvalue weighted by Gasteiger charge is -2.11. The highest BCUT2D eigenvalue weighted by Crippen LogP contribution is 2.51. The lowest BCUT2D eigenvalue weighted by molar-refractivity contribution is -0.138. The molecule has 1 saturated carbocycles. The molecule has 1 aromatic carbocycles. The highest BCUT2D eigenvalue weighted by molar-refractivity contribution is 5.82. The van der Waals surface area contributed by atoms with Crippen LogP contribution in [0.3, 0.4) is 0 Å². The second-order valence-electron chi connectivity index (χ2n) is 4.14. The minimum Gasteiger partial charge on any atom is -0.300 e. The minimum atomic E-state index is -4.33. The molecule has 0 saturated heterocycles. The number of carbonyl (C=O) groups excluding carboxylic acids is 1. The van der Waals surface area contributed by atoms with Crippen molar-refractivity contribution >= 4 is 5.78 Å². The molecule has 2 rings (SSSR count). The Hall–Kier alpha value is -1.32. The lowest BCUT2D eigenvalue weighted by atomic mass is 10.0. The summed E-state index contributed by atoms with van der Waals surface area (Å²) in [4.78, 5) is 11.1. The van der Waals surface area contributed by atoms with E-state index in [9.17, 15) is 18.0 Å². The SMILES string of the molecule is CC(=O)[C@H]1C[C@H]1c1ccccc1C(F)(F)F. The van der Waals surface area contributed by atoms with Gasteiger partial charge < -0.3 is 0 Å². The number of rotatable bonds is 2. The minimum absolute atomic E-state index is 0.0259. The zero-order chi connectivity index (χ0) is 11.9. The van der Waals surface area contributed by atoms with Gasteiger partial charge in [0.1, 0.15) is 5.78 Å². The van der Waals surface area contributed by atoms with E-state index >= 15 is 0 Å². The number of benzene rings is 1. The number of hydrogen-bond donors (Lipinski definition) is 0. The molecule has 1 nitrogen and oxygen atoms in total. The van der Waals surface area contributed by atoms with Crippen LogP contribution in [-0.2, 0) is 11.0 Å². The van der Waals surface area contributed by atoms with Gasteiger partial charge in [0.2, 0.25) is 0 Å². The average Bonchev–Trinajstić information content (AvgIpc) is 2.95. The van der Waals surface area contributed by atoms with Crippen molar-refractivity contribution in [2.45, 2.75) is 25.4 Å². The normalized spacial score (nSPS) is 24.2. The summed E-state index contributed by atoms with van der Waals surface area (Å²) < 4.78 is 38.0. The average molecular weight is 228 g/mol. The summed E-state index contributed by atoms with van der Waals surface area (Å²) in [6.07, 6.45) is -3.79. The molecule has 86 valence electrons. The largest absolute Gasteiger partial charge is 0.416 e. The fraction of sp³-hybridized carbons (Fsp3) is 0.417. The van der Waals surface area contributed by atoms with Gasteiger partial charge in [0, 0.05) is 5.92 Å². The molecule has 0 aromatic heterocycles. The van der Waals surface area contributed by atoms with Crippen LogP contribution in [0.25, 0.3) is 0 Å². The van der Waals surface area contributed by atoms with Crippen LogP contribution in [0, 0.1) is 5.92 Å². The molecule has 0 unspecified atom stereocenters. The van der Waals surface area contributed by atoms with E-state index in [1.807, 2.05) is 0 Å². The number of halogens is 3. The van der Waals surface area contributed by atoms with Gasteiger partial charge in [-0.15, -0.1) is 0 Å². The Labute approximate surface area is 91.3 Å². The molecule has 4 heteroatoms. The summed E-state index contributed by atoms with van der Waals surface area (Å²) in [7, 11) is 0. The Balaban J connectivity index is 2.33. The van der Waals surface area contributed by atoms with Crippen LogP contribution in [0.1, 0.15) is 30.4 Å². The van der Waals surface area contributed by atoms with Gasteiger partial charge in [0.05, 0.1) is 5.56 Å². The topological polar surface area (TPSA) is 17.1 Å². The fourth-order valence-corrected chi connectivity index (χ4v) is 2.07. The second-order valence-corrected chi connectivity index (χ2v) is 4.14. The predicted molar refractivity (Wildman–Crippen MR) is 53.0 cm³/mol. The molecule has 0 N–H and O–H groups in total. The van der Waals surface area contributed by atoms with Gasteiger partial charge >= 0.3 is 6.18 Å². The summed E-state index contributed by atoms with van der Waals surface area (Å²) in [6.45, 7) is 1.43. The lowest BCUT2D eigenvalue weighted by Crippen LogP contribution is -2.09. The standard InChI is InChI=1S/C12H11F3O/c1-7(16)9-6-10(9)8-4-2-3-5-11(8)12(13,14)15/h2-5,9-10H,6H2,1H3/t9-,10+/m1/s1. The van der Waals surface area contributed by atoms with Crippen molar-refractivity contribution < 1.29 is 18.0 Å². The zero-order valence-electron chi connectivity index (χ0n) is 8.71. The maximum atomic E-state index is 12.7. The fourth-order valence-electron chi connectivity index (χ4n) is 2.07. The molecule has 0 heterocycles. The molecule has 0 bridgehead atoms. The third-order valence-electron chi connectivity index (χ3n) is 2.98. The van der Waals surface area contributed by atoms with E-state index < -0.39 is 11.7 Å². The van der Waals surface area contributed by atoms with E-state index in [4.69, 9.17) is 0 Å². The molecule has 2 atom stereocenters. The van der Waals surface area contributed by atoms with E-state index in [1.54, 1.807) is 6.07 Å². The predicted octanol–water partition coefficient (Wildman–Crippen LogP) is 3.40. The summed E-state index contributed by atoms with van der Waals surface area (Å²) in [5.74, 6) is -0.485. The number of carbonyl (C=O) groups is 1. The van der Waals surface area contributed by atoms with Crippen molar-refractivity contribution in [2.75, 3.05) is 0 Å². The van der Waals surface area contributed by atoms with Crippen molar-refractivity contribution in [3.05, 3.63) is 35.4 Å². The number of Topliss-reactive ketones (excluding diaryl/α,β-unsaturated/α-hetero) is 1. The van der Waals surface area contributed by atoms with E-state index in [2.05, 4.69) is 0 Å². The third kappa shape index (κ3) is 1.96. The zero-order valence-corrected chi connectivity index (χ0v) is 8.71. The molecule has 1 aromatic rings. The molecule has 0 radical (unpaired) electrons. The Morgan fingerprint density at radius 2 is 1.94 bits per heavy atom. The van der Waals surface area contributed by atoms with Crippen LogP contribution in [0.2, 0.25) is 0 Å². The van der Waals surface area contributed by atoms with Gasteiger partial charge in [0.25, 0.3) is 0 Å². The van der Waals surface area contributed by atoms with Gasteiger partial charge in [-0.1, -0.05) is 18.2 Å². The summed E-state index contributed by atoms with van der Waals surface area (Å²) >= 11 is 0. The van der Waals surface area contributed by atoms with E-state index in [0.717, 1.165) is 6.07 Å². The smallest absolute Gasteiger partial charge is 0.300 e. The molecule has 1 fully saturated rings. The maximum Gasteiger partial charge on any atom is 0.416 e. The van der Waals surface area contributed by atoms with Crippen molar-refractivity contribution in [3.8, 4) is 0 Å². The van der Waals surface area contributed by atoms with Crippen LogP contribution in [0.4, 0.5) is 13.2 Å². The number of hydrogen-bond acceptors (Lipinski definition) is 1. The molecule has 16 heavy (non-hydrogen) atoms. The Morgan fingerprint density at radius 3 is 2.44 bits per heavy atom. The van der Waals surface area contributed by atoms with Crippen molar-refractivity contribution in [1.29, 1.82) is 0 Å². The highest BCUT2D eigenvalue weighted by Gasteiger charge is 2.46. The van der Waals surface area contributed by atoms with Crippen LogP contribution in [0.5, 0.6) is 0 Å². The molecule has 1 aliphatic carbocycles. The van der Waals surface area contributed by atoms with Gasteiger partial charge in [0.15, 0.2) is 0 Å².